The summed E-state index contributed by atoms with van der Waals surface area (Å²) in [6, 6.07) is -0.0787. The summed E-state index contributed by atoms with van der Waals surface area (Å²) >= 11 is 0. The van der Waals surface area contributed by atoms with Crippen LogP contribution in [0.15, 0.2) is 0 Å². The summed E-state index contributed by atoms with van der Waals surface area (Å²) in [5.74, 6) is -0.171. The van der Waals surface area contributed by atoms with Gasteiger partial charge in [-0.15, -0.1) is 0 Å². The minimum atomic E-state index is -6.00. The van der Waals surface area contributed by atoms with Crippen LogP contribution in [0.4, 0.5) is 17.3 Å². The van der Waals surface area contributed by atoms with Gasteiger partial charge in [0.15, 0.2) is 6.61 Å². The van der Waals surface area contributed by atoms with Gasteiger partial charge in [0.1, 0.15) is 0 Å². The summed E-state index contributed by atoms with van der Waals surface area (Å²) in [6.45, 7) is 0.513. The fourth-order valence-corrected chi connectivity index (χ4v) is 0.269. The van der Waals surface area contributed by atoms with Gasteiger partial charge in [0.25, 0.3) is 0 Å². The summed E-state index contributed by atoms with van der Waals surface area (Å²) in [7, 11) is -6.00. The number of quaternary nitrogens is 1. The SMILES string of the molecule is F[B-](F)(F)F.[NH3+]C1COC1=O. The third kappa shape index (κ3) is 7.11. The predicted molar refractivity (Wildman–Crippen MR) is 27.8 cm³/mol. The van der Waals surface area contributed by atoms with Crippen LogP contribution in [0.25, 0.3) is 0 Å². The molecule has 0 aromatic rings. The zero-order valence-corrected chi connectivity index (χ0v) is 5.40. The van der Waals surface area contributed by atoms with Gasteiger partial charge in [-0.3, -0.25) is 0 Å². The smallest absolute Gasteiger partial charge is 0.454 e. The van der Waals surface area contributed by atoms with E-state index >= 15 is 0 Å². The molecule has 3 nitrogen and oxygen atoms in total. The molecule has 66 valence electrons. The molecule has 0 spiro atoms. The Morgan fingerprint density at radius 1 is 1.45 bits per heavy atom. The van der Waals surface area contributed by atoms with E-state index in [4.69, 9.17) is 0 Å². The molecule has 3 N–H and O–H groups in total. The van der Waals surface area contributed by atoms with Gasteiger partial charge in [0.05, 0.1) is 0 Å². The van der Waals surface area contributed by atoms with Crippen LogP contribution in [-0.4, -0.2) is 25.9 Å². The van der Waals surface area contributed by atoms with E-state index in [0.29, 0.717) is 6.61 Å². The van der Waals surface area contributed by atoms with E-state index in [9.17, 15) is 22.1 Å². The number of halogens is 4. The van der Waals surface area contributed by atoms with Gasteiger partial charge in [-0.05, 0) is 0 Å². The minimum Gasteiger partial charge on any atom is -0.454 e. The summed E-state index contributed by atoms with van der Waals surface area (Å²) in [5, 5.41) is 0. The second-order valence-electron chi connectivity index (χ2n) is 1.82. The van der Waals surface area contributed by atoms with Gasteiger partial charge >= 0.3 is 13.2 Å². The number of carbonyl (C=O) groups is 1. The van der Waals surface area contributed by atoms with E-state index in [0.717, 1.165) is 0 Å². The third-order valence-corrected chi connectivity index (χ3v) is 0.760. The van der Waals surface area contributed by atoms with Crippen molar-refractivity contribution in [2.24, 2.45) is 0 Å². The molecule has 1 aliphatic heterocycles. The first-order valence-electron chi connectivity index (χ1n) is 2.67. The topological polar surface area (TPSA) is 53.9 Å². The maximum atomic E-state index is 9.95. The average molecular weight is 175 g/mol. The Balaban J connectivity index is 0.000000187. The van der Waals surface area contributed by atoms with E-state index < -0.39 is 7.25 Å². The molecule has 8 heteroatoms. The molecule has 1 heterocycles. The fourth-order valence-electron chi connectivity index (χ4n) is 0.269. The minimum absolute atomic E-state index is 0.0787. The standard InChI is InChI=1S/C3H5NO2.BF4/c4-2-1-6-3(2)5;2-1(3,4)5/h2H,1,4H2;/q;-1/p+1. The highest BCUT2D eigenvalue weighted by Gasteiger charge is 2.29. The number of rotatable bonds is 0. The predicted octanol–water partition coefficient (Wildman–Crippen LogP) is -0.546. The van der Waals surface area contributed by atoms with Gasteiger partial charge in [0.2, 0.25) is 6.04 Å². The summed E-state index contributed by atoms with van der Waals surface area (Å²) < 4.78 is 43.3. The molecule has 0 amide bonds. The second-order valence-corrected chi connectivity index (χ2v) is 1.82. The second kappa shape index (κ2) is 3.56. The maximum absolute atomic E-state index is 9.95. The van der Waals surface area contributed by atoms with Gasteiger partial charge in [-0.25, -0.2) is 4.79 Å². The number of esters is 1. The van der Waals surface area contributed by atoms with Crippen LogP contribution in [-0.2, 0) is 9.53 Å². The lowest BCUT2D eigenvalue weighted by Crippen LogP contribution is -2.72. The molecule has 0 saturated carbocycles. The molecule has 1 atom stereocenters. The molecule has 0 aliphatic carbocycles. The molecule has 0 aromatic carbocycles. The van der Waals surface area contributed by atoms with Crippen LogP contribution in [0.1, 0.15) is 0 Å². The Kier molecular flexibility index (Phi) is 3.31. The Hall–Kier alpha value is -0.785. The number of hydrogen-bond acceptors (Lipinski definition) is 2. The lowest BCUT2D eigenvalue weighted by Gasteiger charge is -2.15. The van der Waals surface area contributed by atoms with Crippen molar-refractivity contribution in [2.75, 3.05) is 6.61 Å². The highest BCUT2D eigenvalue weighted by Crippen LogP contribution is 2.06. The molecule has 0 bridgehead atoms. The maximum Gasteiger partial charge on any atom is 0.673 e. The van der Waals surface area contributed by atoms with Crippen LogP contribution in [0.5, 0.6) is 0 Å². The molecule has 0 radical (unpaired) electrons. The van der Waals surface area contributed by atoms with Crippen molar-refractivity contribution in [1.82, 2.24) is 0 Å². The molecule has 1 rings (SSSR count). The summed E-state index contributed by atoms with van der Waals surface area (Å²) in [6.07, 6.45) is 0. The summed E-state index contributed by atoms with van der Waals surface area (Å²) in [5.41, 5.74) is 3.45. The van der Waals surface area contributed by atoms with E-state index in [2.05, 4.69) is 10.5 Å². The number of carbonyl (C=O) groups excluding carboxylic acids is 1. The molecule has 1 unspecified atom stereocenters. The molecule has 0 aromatic heterocycles. The molecule has 11 heavy (non-hydrogen) atoms. The fraction of sp³-hybridized carbons (Fsp3) is 0.667. The van der Waals surface area contributed by atoms with Crippen molar-refractivity contribution in [3.63, 3.8) is 0 Å². The van der Waals surface area contributed by atoms with Crippen molar-refractivity contribution in [2.45, 2.75) is 6.04 Å². The number of cyclic esters (lactones) is 1. The van der Waals surface area contributed by atoms with Crippen LogP contribution < -0.4 is 5.73 Å². The zero-order chi connectivity index (χ0) is 9.07. The van der Waals surface area contributed by atoms with Crippen molar-refractivity contribution in [3.05, 3.63) is 0 Å². The zero-order valence-electron chi connectivity index (χ0n) is 5.40. The largest absolute Gasteiger partial charge is 0.673 e. The van der Waals surface area contributed by atoms with Crippen molar-refractivity contribution in [3.8, 4) is 0 Å². The highest BCUT2D eigenvalue weighted by atomic mass is 19.5. The van der Waals surface area contributed by atoms with Crippen LogP contribution in [0, 0.1) is 0 Å². The highest BCUT2D eigenvalue weighted by molar-refractivity contribution is 6.50. The lowest BCUT2D eigenvalue weighted by atomic mass is 10.3. The lowest BCUT2D eigenvalue weighted by molar-refractivity contribution is -0.433. The third-order valence-electron chi connectivity index (χ3n) is 0.760. The Morgan fingerprint density at radius 2 is 1.73 bits per heavy atom. The van der Waals surface area contributed by atoms with Gasteiger partial charge in [-0.1, -0.05) is 0 Å². The number of hydrogen-bond donors (Lipinski definition) is 1. The monoisotopic (exact) mass is 175 g/mol. The first-order valence-corrected chi connectivity index (χ1v) is 2.67. The van der Waals surface area contributed by atoms with Gasteiger partial charge < -0.3 is 27.7 Å². The molecular weight excluding hydrogens is 169 g/mol. The van der Waals surface area contributed by atoms with E-state index in [1.165, 1.54) is 0 Å². The van der Waals surface area contributed by atoms with Crippen LogP contribution in [0.3, 0.4) is 0 Å². The molecular formula is C3H6BF4NO2. The Labute approximate surface area is 59.6 Å². The average Bonchev–Trinajstić information content (AvgIpc) is 1.80. The molecule has 1 aliphatic rings. The van der Waals surface area contributed by atoms with Crippen molar-refractivity contribution >= 4 is 13.2 Å². The Bertz CT molecular complexity index is 143. The van der Waals surface area contributed by atoms with Crippen LogP contribution in [0.2, 0.25) is 0 Å². The van der Waals surface area contributed by atoms with Crippen LogP contribution >= 0.6 is 0 Å². The first-order chi connectivity index (χ1) is 4.80. The van der Waals surface area contributed by atoms with E-state index in [1.54, 1.807) is 0 Å². The molecule has 1 fully saturated rings. The normalized spacial score (nSPS) is 22.6. The first kappa shape index (κ1) is 10.2. The molecule has 1 saturated heterocycles. The van der Waals surface area contributed by atoms with Crippen molar-refractivity contribution < 1.29 is 32.5 Å². The number of ether oxygens (including phenoxy) is 1. The quantitative estimate of drug-likeness (QED) is 0.305. The van der Waals surface area contributed by atoms with E-state index in [1.807, 2.05) is 0 Å². The van der Waals surface area contributed by atoms with Gasteiger partial charge in [0, 0.05) is 0 Å². The van der Waals surface area contributed by atoms with Gasteiger partial charge in [-0.2, -0.15) is 0 Å². The van der Waals surface area contributed by atoms with Crippen molar-refractivity contribution in [1.29, 1.82) is 0 Å². The Morgan fingerprint density at radius 3 is 1.73 bits per heavy atom. The summed E-state index contributed by atoms with van der Waals surface area (Å²) in [4.78, 5) is 9.95. The van der Waals surface area contributed by atoms with E-state index in [-0.39, 0.29) is 12.0 Å².